The molecule has 2 aliphatic heterocycles. The fourth-order valence-corrected chi connectivity index (χ4v) is 4.86. The number of rotatable bonds is 7. The van der Waals surface area contributed by atoms with Crippen LogP contribution in [-0.2, 0) is 14.3 Å². The first kappa shape index (κ1) is 23.6. The molecule has 1 N–H and O–H groups in total. The van der Waals surface area contributed by atoms with Crippen molar-refractivity contribution in [3.63, 3.8) is 0 Å². The lowest BCUT2D eigenvalue weighted by Crippen LogP contribution is -2.52. The molecule has 8 heteroatoms. The summed E-state index contributed by atoms with van der Waals surface area (Å²) in [5.74, 6) is -1.06. The average Bonchev–Trinajstić information content (AvgIpc) is 3.63. The van der Waals surface area contributed by atoms with E-state index in [1.165, 1.54) is 6.07 Å². The number of hydrogen-bond acceptors (Lipinski definition) is 4. The lowest BCUT2D eigenvalue weighted by Gasteiger charge is -2.31. The summed E-state index contributed by atoms with van der Waals surface area (Å²) in [4.78, 5) is 30.0. The smallest absolute Gasteiger partial charge is 0.241 e. The predicted molar refractivity (Wildman–Crippen MR) is 127 cm³/mol. The summed E-state index contributed by atoms with van der Waals surface area (Å²) in [7, 11) is 0. The van der Waals surface area contributed by atoms with E-state index in [2.05, 4.69) is 5.32 Å². The number of benzene rings is 2. The van der Waals surface area contributed by atoms with Crippen LogP contribution in [0.3, 0.4) is 0 Å². The van der Waals surface area contributed by atoms with E-state index in [0.717, 1.165) is 30.5 Å². The fraction of sp³-hybridized carbons (Fsp3) is 0.407. The fourth-order valence-electron chi connectivity index (χ4n) is 4.86. The summed E-state index contributed by atoms with van der Waals surface area (Å²) >= 11 is 0. The summed E-state index contributed by atoms with van der Waals surface area (Å²) < 4.78 is 33.8. The van der Waals surface area contributed by atoms with E-state index in [0.29, 0.717) is 31.9 Å². The first-order chi connectivity index (χ1) is 17.0. The van der Waals surface area contributed by atoms with Crippen LogP contribution in [0.1, 0.15) is 30.0 Å². The zero-order valence-electron chi connectivity index (χ0n) is 19.5. The molecule has 2 aromatic carbocycles. The summed E-state index contributed by atoms with van der Waals surface area (Å²) in [6.07, 6.45) is 3.67. The van der Waals surface area contributed by atoms with Crippen LogP contribution >= 0.6 is 0 Å². The zero-order valence-corrected chi connectivity index (χ0v) is 19.5. The number of ether oxygens (including phenoxy) is 1. The van der Waals surface area contributed by atoms with Crippen LogP contribution in [0.5, 0.6) is 0 Å². The van der Waals surface area contributed by atoms with Gasteiger partial charge in [-0.25, -0.2) is 8.78 Å². The van der Waals surface area contributed by atoms with E-state index in [-0.39, 0.29) is 36.4 Å². The standard InChI is InChI=1S/C27H29F2N3O3/c28-21-8-9-23(29)22(15-21)20-14-24(18-4-2-1-3-5-18)32(17-20)27(34)26(19-6-7-19)30-16-25(33)31-10-12-35-13-11-31/h1-5,8-9,14-15,19,24,26,30H,6-7,10-13,16-17H2/t24-,26-/m0/s1. The van der Waals surface area contributed by atoms with Gasteiger partial charge in [-0.15, -0.1) is 0 Å². The minimum Gasteiger partial charge on any atom is -0.378 e. The van der Waals surface area contributed by atoms with Crippen molar-refractivity contribution in [2.75, 3.05) is 39.4 Å². The molecule has 2 fully saturated rings. The molecule has 2 amide bonds. The van der Waals surface area contributed by atoms with Crippen molar-refractivity contribution in [1.82, 2.24) is 15.1 Å². The van der Waals surface area contributed by atoms with Crippen LogP contribution < -0.4 is 5.32 Å². The molecule has 2 aromatic rings. The van der Waals surface area contributed by atoms with Gasteiger partial charge in [-0.05, 0) is 48.1 Å². The Kier molecular flexibility index (Phi) is 6.92. The minimum absolute atomic E-state index is 0.0478. The summed E-state index contributed by atoms with van der Waals surface area (Å²) in [6.45, 7) is 2.40. The highest BCUT2D eigenvalue weighted by Gasteiger charge is 2.42. The Morgan fingerprint density at radius 1 is 1.06 bits per heavy atom. The quantitative estimate of drug-likeness (QED) is 0.660. The van der Waals surface area contributed by atoms with Gasteiger partial charge in [0.15, 0.2) is 0 Å². The number of hydrogen-bond donors (Lipinski definition) is 1. The molecular weight excluding hydrogens is 452 g/mol. The van der Waals surface area contributed by atoms with Crippen LogP contribution in [0.4, 0.5) is 8.78 Å². The number of amides is 2. The average molecular weight is 482 g/mol. The van der Waals surface area contributed by atoms with Gasteiger partial charge >= 0.3 is 0 Å². The number of morpholine rings is 1. The number of nitrogens with zero attached hydrogens (tertiary/aromatic N) is 2. The highest BCUT2D eigenvalue weighted by Crippen LogP contribution is 2.39. The molecule has 3 aliphatic rings. The Bertz CT molecular complexity index is 1110. The Labute approximate surface area is 203 Å². The maximum atomic E-state index is 14.6. The van der Waals surface area contributed by atoms with Crippen LogP contribution in [-0.4, -0.2) is 67.0 Å². The highest BCUT2D eigenvalue weighted by atomic mass is 19.1. The van der Waals surface area contributed by atoms with Crippen molar-refractivity contribution in [1.29, 1.82) is 0 Å². The number of nitrogens with one attached hydrogen (secondary N) is 1. The second-order valence-electron chi connectivity index (χ2n) is 9.33. The van der Waals surface area contributed by atoms with Gasteiger partial charge in [0.05, 0.1) is 31.8 Å². The molecule has 1 saturated heterocycles. The number of carbonyl (C=O) groups excluding carboxylic acids is 2. The lowest BCUT2D eigenvalue weighted by molar-refractivity contribution is -0.136. The van der Waals surface area contributed by atoms with Gasteiger partial charge in [-0.1, -0.05) is 36.4 Å². The van der Waals surface area contributed by atoms with Crippen molar-refractivity contribution in [3.8, 4) is 0 Å². The van der Waals surface area contributed by atoms with Crippen molar-refractivity contribution in [2.45, 2.75) is 24.9 Å². The second-order valence-corrected chi connectivity index (χ2v) is 9.33. The first-order valence-electron chi connectivity index (χ1n) is 12.1. The van der Waals surface area contributed by atoms with Gasteiger partial charge in [-0.3, -0.25) is 14.9 Å². The molecule has 1 aliphatic carbocycles. The third-order valence-electron chi connectivity index (χ3n) is 6.93. The van der Waals surface area contributed by atoms with E-state index < -0.39 is 23.7 Å². The summed E-state index contributed by atoms with van der Waals surface area (Å²) in [5.41, 5.74) is 1.63. The van der Waals surface area contributed by atoms with Crippen molar-refractivity contribution < 1.29 is 23.1 Å². The Morgan fingerprint density at radius 2 is 1.80 bits per heavy atom. The van der Waals surface area contributed by atoms with Gasteiger partial charge in [-0.2, -0.15) is 0 Å². The largest absolute Gasteiger partial charge is 0.378 e. The van der Waals surface area contributed by atoms with E-state index in [4.69, 9.17) is 4.74 Å². The van der Waals surface area contributed by atoms with Crippen molar-refractivity contribution in [3.05, 3.63) is 77.4 Å². The van der Waals surface area contributed by atoms with Crippen molar-refractivity contribution >= 4 is 17.4 Å². The third kappa shape index (κ3) is 5.28. The molecule has 0 unspecified atom stereocenters. The Morgan fingerprint density at radius 3 is 2.51 bits per heavy atom. The van der Waals surface area contributed by atoms with E-state index in [9.17, 15) is 18.4 Å². The van der Waals surface area contributed by atoms with Crippen LogP contribution in [0.25, 0.3) is 5.57 Å². The normalized spacial score (nSPS) is 21.1. The molecule has 0 spiro atoms. The van der Waals surface area contributed by atoms with E-state index in [1.54, 1.807) is 9.80 Å². The van der Waals surface area contributed by atoms with Gasteiger partial charge in [0, 0.05) is 25.2 Å². The maximum Gasteiger partial charge on any atom is 0.241 e. The molecular formula is C27H29F2N3O3. The predicted octanol–water partition coefficient (Wildman–Crippen LogP) is 3.16. The van der Waals surface area contributed by atoms with Gasteiger partial charge in [0.25, 0.3) is 0 Å². The van der Waals surface area contributed by atoms with Crippen LogP contribution in [0, 0.1) is 17.6 Å². The van der Waals surface area contributed by atoms with Crippen LogP contribution in [0.15, 0.2) is 54.6 Å². The van der Waals surface area contributed by atoms with Crippen LogP contribution in [0.2, 0.25) is 0 Å². The van der Waals surface area contributed by atoms with Gasteiger partial charge in [0.2, 0.25) is 11.8 Å². The van der Waals surface area contributed by atoms with Crippen molar-refractivity contribution in [2.24, 2.45) is 5.92 Å². The molecule has 2 atom stereocenters. The first-order valence-corrected chi connectivity index (χ1v) is 12.1. The molecule has 1 saturated carbocycles. The topological polar surface area (TPSA) is 61.9 Å². The molecule has 0 radical (unpaired) electrons. The molecule has 0 aromatic heterocycles. The molecule has 5 rings (SSSR count). The van der Waals surface area contributed by atoms with E-state index in [1.807, 2.05) is 36.4 Å². The highest BCUT2D eigenvalue weighted by molar-refractivity contribution is 5.88. The van der Waals surface area contributed by atoms with Gasteiger partial charge < -0.3 is 14.5 Å². The Hall–Kier alpha value is -3.10. The second kappa shape index (κ2) is 10.3. The summed E-state index contributed by atoms with van der Waals surface area (Å²) in [5, 5.41) is 3.22. The molecule has 6 nitrogen and oxygen atoms in total. The number of halogens is 2. The number of carbonyl (C=O) groups is 2. The Balaban J connectivity index is 1.37. The SMILES string of the molecule is O=C(CN[C@H](C(=O)N1CC(c2cc(F)ccc2F)=C[C@H]1c1ccccc1)C1CC1)N1CCOCC1. The minimum atomic E-state index is -0.525. The third-order valence-corrected chi connectivity index (χ3v) is 6.93. The molecule has 0 bridgehead atoms. The zero-order chi connectivity index (χ0) is 24.4. The summed E-state index contributed by atoms with van der Waals surface area (Å²) in [6, 6.07) is 12.0. The monoisotopic (exact) mass is 481 g/mol. The lowest BCUT2D eigenvalue weighted by atomic mass is 10.0. The molecule has 184 valence electrons. The molecule has 2 heterocycles. The van der Waals surface area contributed by atoms with E-state index >= 15 is 0 Å². The van der Waals surface area contributed by atoms with Gasteiger partial charge in [0.1, 0.15) is 11.6 Å². The maximum absolute atomic E-state index is 14.6. The molecule has 35 heavy (non-hydrogen) atoms.